The number of hydrogen-bond donors (Lipinski definition) is 1. The fraction of sp³-hybridized carbons (Fsp3) is 0.333. The first-order chi connectivity index (χ1) is 14.0. The number of thiocarbonyl (C=S) groups is 1. The number of benzene rings is 2. The summed E-state index contributed by atoms with van der Waals surface area (Å²) >= 11 is 5.59. The van der Waals surface area contributed by atoms with Gasteiger partial charge in [-0.25, -0.2) is 0 Å². The summed E-state index contributed by atoms with van der Waals surface area (Å²) in [5.74, 6) is 1.83. The van der Waals surface area contributed by atoms with Crippen molar-refractivity contribution in [3.05, 3.63) is 70.4 Å². The molecule has 2 aliphatic rings. The lowest BCUT2D eigenvalue weighted by Crippen LogP contribution is -2.49. The Bertz CT molecular complexity index is 974. The number of nitrogens with one attached hydrogen (secondary N) is 1. The van der Waals surface area contributed by atoms with Gasteiger partial charge in [0.25, 0.3) is 0 Å². The zero-order valence-corrected chi connectivity index (χ0v) is 17.9. The Hall–Kier alpha value is -2.66. The van der Waals surface area contributed by atoms with Crippen LogP contribution in [-0.4, -0.2) is 22.3 Å². The van der Waals surface area contributed by atoms with Crippen LogP contribution in [0.1, 0.15) is 48.9 Å². The van der Waals surface area contributed by atoms with Crippen LogP contribution in [-0.2, 0) is 4.79 Å². The molecule has 0 spiro atoms. The molecule has 1 aliphatic heterocycles. The first kappa shape index (κ1) is 19.6. The van der Waals surface area contributed by atoms with E-state index in [1.54, 1.807) is 0 Å². The van der Waals surface area contributed by atoms with Crippen LogP contribution >= 0.6 is 12.2 Å². The maximum absolute atomic E-state index is 12.8. The lowest BCUT2D eigenvalue weighted by Gasteiger charge is -2.40. The van der Waals surface area contributed by atoms with Crippen molar-refractivity contribution in [2.75, 3.05) is 6.54 Å². The Morgan fingerprint density at radius 2 is 1.76 bits per heavy atom. The zero-order valence-electron chi connectivity index (χ0n) is 17.1. The quantitative estimate of drug-likeness (QED) is 0.693. The van der Waals surface area contributed by atoms with Crippen molar-refractivity contribution in [3.63, 3.8) is 0 Å². The van der Waals surface area contributed by atoms with E-state index in [9.17, 15) is 4.79 Å². The first-order valence-electron chi connectivity index (χ1n) is 10.2. The number of aryl methyl sites for hydroxylation is 2. The molecule has 29 heavy (non-hydrogen) atoms. The summed E-state index contributed by atoms with van der Waals surface area (Å²) in [4.78, 5) is 14.8. The van der Waals surface area contributed by atoms with E-state index in [2.05, 4.69) is 37.1 Å². The Morgan fingerprint density at radius 3 is 2.41 bits per heavy atom. The highest BCUT2D eigenvalue weighted by molar-refractivity contribution is 7.80. The van der Waals surface area contributed by atoms with Gasteiger partial charge in [0.15, 0.2) is 10.9 Å². The summed E-state index contributed by atoms with van der Waals surface area (Å²) in [6.07, 6.45) is 2.41. The van der Waals surface area contributed by atoms with Gasteiger partial charge in [0, 0.05) is 24.2 Å². The standard InChI is InChI=1S/C24H26N2O2S/c1-4-26-20-6-5-7-21(27)22(20)23(25-24(26)29)17-8-10-18(11-9-17)28-19-13-15(2)12-16(3)14-19/h8-14,23H,4-7H2,1-3H3,(H,25,29). The second-order valence-corrected chi connectivity index (χ2v) is 8.15. The van der Waals surface area contributed by atoms with Gasteiger partial charge in [-0.05, 0) is 86.8 Å². The number of carbonyl (C=O) groups excluding carboxylic acids is 1. The van der Waals surface area contributed by atoms with Crippen molar-refractivity contribution in [3.8, 4) is 11.5 Å². The van der Waals surface area contributed by atoms with Crippen LogP contribution in [0.4, 0.5) is 0 Å². The van der Waals surface area contributed by atoms with Crippen LogP contribution in [0, 0.1) is 13.8 Å². The van der Waals surface area contributed by atoms with Crippen LogP contribution in [0.2, 0.25) is 0 Å². The number of nitrogens with zero attached hydrogens (tertiary/aromatic N) is 1. The number of hydrogen-bond acceptors (Lipinski definition) is 3. The van der Waals surface area contributed by atoms with Gasteiger partial charge in [0.2, 0.25) is 0 Å². The van der Waals surface area contributed by atoms with Crippen LogP contribution in [0.25, 0.3) is 0 Å². The molecule has 4 rings (SSSR count). The van der Waals surface area contributed by atoms with Crippen molar-refractivity contribution in [2.24, 2.45) is 0 Å². The van der Waals surface area contributed by atoms with E-state index in [0.29, 0.717) is 11.5 Å². The number of ether oxygens (including phenoxy) is 1. The molecular formula is C24H26N2O2S. The number of rotatable bonds is 4. The van der Waals surface area contributed by atoms with Crippen molar-refractivity contribution in [1.82, 2.24) is 10.2 Å². The second-order valence-electron chi connectivity index (χ2n) is 7.76. The molecule has 0 aromatic heterocycles. The molecule has 1 heterocycles. The second kappa shape index (κ2) is 7.99. The average molecular weight is 407 g/mol. The van der Waals surface area contributed by atoms with Gasteiger partial charge >= 0.3 is 0 Å². The summed E-state index contributed by atoms with van der Waals surface area (Å²) in [6.45, 7) is 6.96. The molecule has 0 amide bonds. The number of Topliss-reactive ketones (excluding diaryl/α,β-unsaturated/α-hetero) is 1. The minimum atomic E-state index is -0.191. The Balaban J connectivity index is 1.62. The van der Waals surface area contributed by atoms with Gasteiger partial charge in [0.05, 0.1) is 6.04 Å². The molecule has 4 nitrogen and oxygen atoms in total. The molecule has 0 saturated carbocycles. The van der Waals surface area contributed by atoms with E-state index in [4.69, 9.17) is 17.0 Å². The maximum atomic E-state index is 12.8. The largest absolute Gasteiger partial charge is 0.457 e. The van der Waals surface area contributed by atoms with Crippen LogP contribution in [0.5, 0.6) is 11.5 Å². The third-order valence-corrected chi connectivity index (χ3v) is 5.85. The van der Waals surface area contributed by atoms with Gasteiger partial charge in [0.1, 0.15) is 11.5 Å². The number of allylic oxidation sites excluding steroid dienone is 1. The van der Waals surface area contributed by atoms with Gasteiger partial charge in [-0.1, -0.05) is 18.2 Å². The highest BCUT2D eigenvalue weighted by atomic mass is 32.1. The van der Waals surface area contributed by atoms with Crippen molar-refractivity contribution in [2.45, 2.75) is 46.1 Å². The van der Waals surface area contributed by atoms with Crippen LogP contribution < -0.4 is 10.1 Å². The highest BCUT2D eigenvalue weighted by Gasteiger charge is 2.36. The fourth-order valence-electron chi connectivity index (χ4n) is 4.29. The first-order valence-corrected chi connectivity index (χ1v) is 10.6. The predicted octanol–water partition coefficient (Wildman–Crippen LogP) is 5.35. The Kier molecular flexibility index (Phi) is 5.41. The topological polar surface area (TPSA) is 41.6 Å². The Morgan fingerprint density at radius 1 is 1.07 bits per heavy atom. The highest BCUT2D eigenvalue weighted by Crippen LogP contribution is 2.37. The van der Waals surface area contributed by atoms with Gasteiger partial charge < -0.3 is 15.0 Å². The number of ketones is 1. The summed E-state index contributed by atoms with van der Waals surface area (Å²) in [7, 11) is 0. The van der Waals surface area contributed by atoms with Gasteiger partial charge in [-0.3, -0.25) is 4.79 Å². The third-order valence-electron chi connectivity index (χ3n) is 5.52. The summed E-state index contributed by atoms with van der Waals surface area (Å²) < 4.78 is 6.03. The van der Waals surface area contributed by atoms with Gasteiger partial charge in [-0.15, -0.1) is 0 Å². The van der Waals surface area contributed by atoms with Gasteiger partial charge in [-0.2, -0.15) is 0 Å². The van der Waals surface area contributed by atoms with E-state index in [0.717, 1.165) is 47.7 Å². The molecule has 1 atom stereocenters. The minimum absolute atomic E-state index is 0.191. The lowest BCUT2D eigenvalue weighted by atomic mass is 9.85. The normalized spacial score (nSPS) is 19.1. The minimum Gasteiger partial charge on any atom is -0.457 e. The smallest absolute Gasteiger partial charge is 0.173 e. The van der Waals surface area contributed by atoms with Crippen molar-refractivity contribution >= 4 is 23.1 Å². The summed E-state index contributed by atoms with van der Waals surface area (Å²) in [5.41, 5.74) is 5.33. The lowest BCUT2D eigenvalue weighted by molar-refractivity contribution is -0.116. The molecule has 150 valence electrons. The molecule has 1 aliphatic carbocycles. The number of carbonyl (C=O) groups is 1. The fourth-order valence-corrected chi connectivity index (χ4v) is 4.65. The molecular weight excluding hydrogens is 380 g/mol. The summed E-state index contributed by atoms with van der Waals surface area (Å²) in [6, 6.07) is 13.9. The van der Waals surface area contributed by atoms with Crippen molar-refractivity contribution < 1.29 is 9.53 Å². The molecule has 2 aromatic rings. The van der Waals surface area contributed by atoms with E-state index in [1.165, 1.54) is 11.1 Å². The van der Waals surface area contributed by atoms with E-state index < -0.39 is 0 Å². The van der Waals surface area contributed by atoms with E-state index in [1.807, 2.05) is 36.4 Å². The predicted molar refractivity (Wildman–Crippen MR) is 119 cm³/mol. The SMILES string of the molecule is CCN1C(=S)NC(c2ccc(Oc3cc(C)cc(C)c3)cc2)C2=C1CCCC2=O. The van der Waals surface area contributed by atoms with Crippen LogP contribution in [0.3, 0.4) is 0 Å². The maximum Gasteiger partial charge on any atom is 0.173 e. The molecule has 0 saturated heterocycles. The average Bonchev–Trinajstić information content (AvgIpc) is 2.67. The van der Waals surface area contributed by atoms with Crippen LogP contribution in [0.15, 0.2) is 53.7 Å². The molecule has 1 unspecified atom stereocenters. The Labute approximate surface area is 177 Å². The van der Waals surface area contributed by atoms with E-state index >= 15 is 0 Å². The molecule has 0 radical (unpaired) electrons. The van der Waals surface area contributed by atoms with Crippen molar-refractivity contribution in [1.29, 1.82) is 0 Å². The molecule has 5 heteroatoms. The summed E-state index contributed by atoms with van der Waals surface area (Å²) in [5, 5.41) is 4.08. The monoisotopic (exact) mass is 406 g/mol. The molecule has 1 N–H and O–H groups in total. The zero-order chi connectivity index (χ0) is 20.5. The molecule has 0 bridgehead atoms. The third kappa shape index (κ3) is 3.92. The van der Waals surface area contributed by atoms with E-state index in [-0.39, 0.29) is 11.8 Å². The molecule has 2 aromatic carbocycles. The molecule has 0 fully saturated rings.